The molecule has 0 saturated carbocycles. The Balaban J connectivity index is 0.000000758. The normalized spacial score (nSPS) is 11.4. The van der Waals surface area contributed by atoms with Gasteiger partial charge in [-0.2, -0.15) is 6.07 Å². The Morgan fingerprint density at radius 2 is 1.62 bits per heavy atom. The quantitative estimate of drug-likeness (QED) is 0.334. The Kier molecular flexibility index (Phi) is 7.66. The van der Waals surface area contributed by atoms with Crippen LogP contribution in [0.25, 0.3) is 21.9 Å². The monoisotopic (exact) mass is 463 g/mol. The van der Waals surface area contributed by atoms with Crippen molar-refractivity contribution in [3.8, 4) is 11.1 Å². The summed E-state index contributed by atoms with van der Waals surface area (Å²) in [6, 6.07) is 18.1. The van der Waals surface area contributed by atoms with E-state index in [1.165, 1.54) is 38.6 Å². The molecule has 0 aromatic heterocycles. The standard InChI is InChI=1S/C23H27.2ClH.Zr/c1-15(2)19-12-11-17-13-18(23(4,5)6)14-21(17)22(19)20-10-8-7-9-16(20)3;;;/h7-15H,1-6H3;2*1H;/q-1;;;+2/p-2. The summed E-state index contributed by atoms with van der Waals surface area (Å²) >= 11 is -0.826. The fourth-order valence-corrected chi connectivity index (χ4v) is 3.37. The molecule has 0 aliphatic carbocycles. The average Bonchev–Trinajstić information content (AvgIpc) is 3.00. The van der Waals surface area contributed by atoms with Crippen molar-refractivity contribution in [1.82, 2.24) is 0 Å². The third-order valence-corrected chi connectivity index (χ3v) is 4.82. The first-order valence-electron chi connectivity index (χ1n) is 8.96. The van der Waals surface area contributed by atoms with Gasteiger partial charge in [0.05, 0.1) is 0 Å². The van der Waals surface area contributed by atoms with Crippen molar-refractivity contribution in [1.29, 1.82) is 0 Å². The van der Waals surface area contributed by atoms with Gasteiger partial charge in [0.15, 0.2) is 0 Å². The summed E-state index contributed by atoms with van der Waals surface area (Å²) in [5.41, 5.74) is 7.18. The summed E-state index contributed by atoms with van der Waals surface area (Å²) in [5.74, 6) is 0.516. The van der Waals surface area contributed by atoms with Crippen LogP contribution in [0.2, 0.25) is 0 Å². The van der Waals surface area contributed by atoms with Gasteiger partial charge in [-0.15, -0.1) is 34.5 Å². The van der Waals surface area contributed by atoms with E-state index in [1.54, 1.807) is 0 Å². The van der Waals surface area contributed by atoms with Crippen LogP contribution >= 0.6 is 17.0 Å². The minimum atomic E-state index is -0.826. The zero-order chi connectivity index (χ0) is 19.5. The number of benzene rings is 2. The Bertz CT molecular complexity index is 870. The maximum atomic E-state index is 4.93. The second-order valence-electron chi connectivity index (χ2n) is 8.07. The van der Waals surface area contributed by atoms with Crippen LogP contribution in [0.3, 0.4) is 0 Å². The van der Waals surface area contributed by atoms with Crippen LogP contribution in [0.15, 0.2) is 48.5 Å². The molecule has 0 atom stereocenters. The van der Waals surface area contributed by atoms with Crippen molar-refractivity contribution in [2.75, 3.05) is 0 Å². The second kappa shape index (κ2) is 9.14. The first-order chi connectivity index (χ1) is 12.2. The molecule has 3 rings (SSSR count). The molecule has 0 spiro atoms. The molecule has 138 valence electrons. The van der Waals surface area contributed by atoms with E-state index in [-0.39, 0.29) is 5.41 Å². The molecule has 0 bridgehead atoms. The van der Waals surface area contributed by atoms with Crippen LogP contribution in [-0.2, 0) is 26.3 Å². The predicted octanol–water partition coefficient (Wildman–Crippen LogP) is 8.33. The molecule has 0 radical (unpaired) electrons. The van der Waals surface area contributed by atoms with Gasteiger partial charge in [-0.1, -0.05) is 70.0 Å². The van der Waals surface area contributed by atoms with E-state index < -0.39 is 20.8 Å². The average molecular weight is 466 g/mol. The van der Waals surface area contributed by atoms with Crippen LogP contribution in [0, 0.1) is 6.92 Å². The third kappa shape index (κ3) is 4.86. The van der Waals surface area contributed by atoms with Crippen molar-refractivity contribution < 1.29 is 20.8 Å². The summed E-state index contributed by atoms with van der Waals surface area (Å²) in [6.45, 7) is 13.7. The molecule has 26 heavy (non-hydrogen) atoms. The molecule has 0 aliphatic rings. The molecule has 3 aromatic rings. The van der Waals surface area contributed by atoms with Gasteiger partial charge in [0.25, 0.3) is 0 Å². The number of halogens is 2. The predicted molar refractivity (Wildman–Crippen MR) is 114 cm³/mol. The van der Waals surface area contributed by atoms with Crippen molar-refractivity contribution in [3.05, 3.63) is 65.2 Å². The summed E-state index contributed by atoms with van der Waals surface area (Å²) in [4.78, 5) is 0. The topological polar surface area (TPSA) is 0 Å². The van der Waals surface area contributed by atoms with Gasteiger partial charge in [-0.3, -0.25) is 0 Å². The van der Waals surface area contributed by atoms with Crippen molar-refractivity contribution in [3.63, 3.8) is 0 Å². The summed E-state index contributed by atoms with van der Waals surface area (Å²) in [7, 11) is 9.87. The van der Waals surface area contributed by atoms with Crippen molar-refractivity contribution in [2.45, 2.75) is 52.9 Å². The molecule has 3 aromatic carbocycles. The molecule has 0 heterocycles. The van der Waals surface area contributed by atoms with Gasteiger partial charge >= 0.3 is 37.9 Å². The fourth-order valence-electron chi connectivity index (χ4n) is 3.37. The van der Waals surface area contributed by atoms with E-state index in [1.807, 2.05) is 0 Å². The summed E-state index contributed by atoms with van der Waals surface area (Å²) in [5, 5.41) is 2.76. The Morgan fingerprint density at radius 3 is 2.15 bits per heavy atom. The van der Waals surface area contributed by atoms with Gasteiger partial charge in [0.1, 0.15) is 0 Å². The number of hydrogen-bond acceptors (Lipinski definition) is 0. The Hall–Kier alpha value is -0.487. The molecule has 0 nitrogen and oxygen atoms in total. The van der Waals surface area contributed by atoms with Crippen molar-refractivity contribution in [2.24, 2.45) is 0 Å². The zero-order valence-electron chi connectivity index (χ0n) is 16.5. The van der Waals surface area contributed by atoms with Crippen LogP contribution in [0.1, 0.15) is 57.2 Å². The van der Waals surface area contributed by atoms with Gasteiger partial charge in [0.2, 0.25) is 0 Å². The zero-order valence-corrected chi connectivity index (χ0v) is 20.4. The van der Waals surface area contributed by atoms with E-state index in [0.29, 0.717) is 5.92 Å². The van der Waals surface area contributed by atoms with Gasteiger partial charge in [-0.05, 0) is 29.4 Å². The van der Waals surface area contributed by atoms with E-state index in [0.717, 1.165) is 0 Å². The summed E-state index contributed by atoms with van der Waals surface area (Å²) in [6.07, 6.45) is 0. The minimum absolute atomic E-state index is 0.181. The molecule has 0 N–H and O–H groups in total. The molecule has 0 aliphatic heterocycles. The van der Waals surface area contributed by atoms with Crippen molar-refractivity contribution >= 4 is 27.8 Å². The first kappa shape index (κ1) is 21.8. The summed E-state index contributed by atoms with van der Waals surface area (Å²) < 4.78 is 0. The molecular formula is C23H27Cl2Zr-. The SMILES string of the molecule is Cc1ccccc1-c1c(C(C)C)ccc2[cH-]c(C(C)(C)C)cc12.[Cl][Zr][Cl]. The second-order valence-corrected chi connectivity index (χ2v) is 11.8. The molecule has 0 amide bonds. The van der Waals surface area contributed by atoms with Crippen LogP contribution in [0.5, 0.6) is 0 Å². The fraction of sp³-hybridized carbons (Fsp3) is 0.348. The number of aryl methyl sites for hydroxylation is 1. The van der Waals surface area contributed by atoms with Crippen LogP contribution < -0.4 is 0 Å². The number of hydrogen-bond donors (Lipinski definition) is 0. The molecule has 0 unspecified atom stereocenters. The van der Waals surface area contributed by atoms with Gasteiger partial charge in [0, 0.05) is 0 Å². The van der Waals surface area contributed by atoms with E-state index >= 15 is 0 Å². The Morgan fingerprint density at radius 1 is 1.00 bits per heavy atom. The molecule has 0 saturated heterocycles. The van der Waals surface area contributed by atoms with Gasteiger partial charge < -0.3 is 0 Å². The molecular weight excluding hydrogens is 438 g/mol. The Labute approximate surface area is 176 Å². The van der Waals surface area contributed by atoms with E-state index in [9.17, 15) is 0 Å². The third-order valence-electron chi connectivity index (χ3n) is 4.82. The number of fused-ring (bicyclic) bond motifs is 1. The molecule has 0 fully saturated rings. The number of rotatable bonds is 2. The van der Waals surface area contributed by atoms with E-state index in [2.05, 4.69) is 90.1 Å². The van der Waals surface area contributed by atoms with Crippen LogP contribution in [0.4, 0.5) is 0 Å². The first-order valence-corrected chi connectivity index (χ1v) is 15.3. The van der Waals surface area contributed by atoms with Crippen LogP contribution in [-0.4, -0.2) is 0 Å². The maximum absolute atomic E-state index is 4.93. The van der Waals surface area contributed by atoms with E-state index in [4.69, 9.17) is 17.0 Å². The molecule has 3 heteroatoms. The van der Waals surface area contributed by atoms with Gasteiger partial charge in [-0.25, -0.2) is 0 Å².